The summed E-state index contributed by atoms with van der Waals surface area (Å²) in [5, 5.41) is 7.41. The Morgan fingerprint density at radius 3 is 2.13 bits per heavy atom. The minimum absolute atomic E-state index is 0.118. The lowest BCUT2D eigenvalue weighted by molar-refractivity contribution is 0.220. The minimum Gasteiger partial charge on any atom is -0.493 e. The second-order valence-electron chi connectivity index (χ2n) is 14.4. The van der Waals surface area contributed by atoms with E-state index in [1.54, 1.807) is 28.4 Å². The first-order chi connectivity index (χ1) is 26.2. The third-order valence-corrected chi connectivity index (χ3v) is 11.3. The first-order valence-corrected chi connectivity index (χ1v) is 19.2. The highest BCUT2D eigenvalue weighted by Gasteiger charge is 2.35. The Labute approximate surface area is 324 Å². The fraction of sp³-hybridized carbons (Fsp3) is 0.419. The van der Waals surface area contributed by atoms with Crippen molar-refractivity contribution in [3.63, 3.8) is 0 Å². The lowest BCUT2D eigenvalue weighted by Gasteiger charge is -2.37. The highest BCUT2D eigenvalue weighted by atomic mass is 32.1. The van der Waals surface area contributed by atoms with Crippen LogP contribution in [0.1, 0.15) is 65.2 Å². The molecule has 4 aromatic carbocycles. The fourth-order valence-electron chi connectivity index (χ4n) is 8.00. The normalized spacial score (nSPS) is 17.9. The number of fused-ring (bicyclic) bond motifs is 2. The second-order valence-corrected chi connectivity index (χ2v) is 14.8. The number of hydrogen-bond acceptors (Lipinski definition) is 9. The van der Waals surface area contributed by atoms with Gasteiger partial charge in [0.15, 0.2) is 39.6 Å². The fourth-order valence-corrected chi connectivity index (χ4v) is 8.22. The van der Waals surface area contributed by atoms with Gasteiger partial charge in [-0.25, -0.2) is 0 Å². The van der Waals surface area contributed by atoms with Crippen LogP contribution in [0.3, 0.4) is 0 Å². The Kier molecular flexibility index (Phi) is 11.4. The van der Waals surface area contributed by atoms with Crippen molar-refractivity contribution in [1.29, 1.82) is 0 Å². The number of likely N-dealkylation sites (N-methyl/N-ethyl adjacent to an activating group) is 2. The molecule has 0 aromatic heterocycles. The maximum atomic E-state index is 7.13. The molecule has 0 spiro atoms. The number of anilines is 1. The molecule has 11 heteroatoms. The quantitative estimate of drug-likeness (QED) is 0.135. The number of thiocarbonyl (C=S) groups is 1. The zero-order chi connectivity index (χ0) is 37.9. The number of ether oxygens (including phenoxy) is 6. The molecule has 0 aliphatic carbocycles. The molecular formula is C43H52N4O6S. The lowest BCUT2D eigenvalue weighted by atomic mass is 9.86. The van der Waals surface area contributed by atoms with E-state index in [-0.39, 0.29) is 12.1 Å². The van der Waals surface area contributed by atoms with Gasteiger partial charge in [0.25, 0.3) is 0 Å². The van der Waals surface area contributed by atoms with Gasteiger partial charge in [0, 0.05) is 49.0 Å². The van der Waals surface area contributed by atoms with Crippen LogP contribution in [-0.4, -0.2) is 77.1 Å². The summed E-state index contributed by atoms with van der Waals surface area (Å²) in [4.78, 5) is 4.80. The van der Waals surface area contributed by atoms with E-state index in [0.717, 1.165) is 79.9 Å². The van der Waals surface area contributed by atoms with Gasteiger partial charge in [0.1, 0.15) is 5.75 Å². The molecule has 0 saturated carbocycles. The summed E-state index contributed by atoms with van der Waals surface area (Å²) in [6.45, 7) is 4.74. The molecule has 4 aromatic rings. The molecular weight excluding hydrogens is 701 g/mol. The molecule has 0 radical (unpaired) electrons. The maximum absolute atomic E-state index is 7.13. The largest absolute Gasteiger partial charge is 0.493 e. The zero-order valence-corrected chi connectivity index (χ0v) is 33.3. The minimum atomic E-state index is -0.118. The van der Waals surface area contributed by atoms with Crippen LogP contribution in [0.4, 0.5) is 5.69 Å². The van der Waals surface area contributed by atoms with Crippen molar-refractivity contribution in [1.82, 2.24) is 15.1 Å². The number of benzene rings is 4. The van der Waals surface area contributed by atoms with Gasteiger partial charge in [-0.1, -0.05) is 25.5 Å². The van der Waals surface area contributed by atoms with Crippen LogP contribution in [0.25, 0.3) is 0 Å². The molecule has 0 fully saturated rings. The first kappa shape index (κ1) is 37.6. The van der Waals surface area contributed by atoms with Gasteiger partial charge < -0.3 is 39.1 Å². The van der Waals surface area contributed by atoms with Crippen molar-refractivity contribution in [2.45, 2.75) is 57.5 Å². The molecule has 2 N–H and O–H groups in total. The van der Waals surface area contributed by atoms with Gasteiger partial charge in [-0.05, 0) is 123 Å². The van der Waals surface area contributed by atoms with Gasteiger partial charge in [0.05, 0.1) is 28.4 Å². The number of methoxy groups -OCH3 is 4. The first-order valence-electron chi connectivity index (χ1n) is 18.8. The van der Waals surface area contributed by atoms with Gasteiger partial charge in [-0.2, -0.15) is 0 Å². The average Bonchev–Trinajstić information content (AvgIpc) is 3.17. The summed E-state index contributed by atoms with van der Waals surface area (Å²) >= 11 is 5.79. The monoisotopic (exact) mass is 752 g/mol. The van der Waals surface area contributed by atoms with Crippen LogP contribution in [0, 0.1) is 0 Å². The van der Waals surface area contributed by atoms with Crippen molar-refractivity contribution in [2.75, 3.05) is 67.5 Å². The smallest absolute Gasteiger partial charge is 0.204 e. The zero-order valence-electron chi connectivity index (χ0n) is 32.5. The van der Waals surface area contributed by atoms with Crippen LogP contribution in [-0.2, 0) is 25.7 Å². The third-order valence-electron chi connectivity index (χ3n) is 11.1. The van der Waals surface area contributed by atoms with Crippen LogP contribution in [0.15, 0.2) is 54.6 Å². The van der Waals surface area contributed by atoms with E-state index in [2.05, 4.69) is 77.9 Å². The van der Waals surface area contributed by atoms with Crippen molar-refractivity contribution in [2.24, 2.45) is 0 Å². The molecule has 4 heterocycles. The summed E-state index contributed by atoms with van der Waals surface area (Å²) < 4.78 is 37.8. The lowest BCUT2D eigenvalue weighted by Crippen LogP contribution is -2.34. The summed E-state index contributed by atoms with van der Waals surface area (Å²) in [5.74, 6) is 5.06. The van der Waals surface area contributed by atoms with Crippen LogP contribution < -0.4 is 39.1 Å². The van der Waals surface area contributed by atoms with Crippen molar-refractivity contribution < 1.29 is 28.4 Å². The molecule has 8 rings (SSSR count). The third kappa shape index (κ3) is 7.49. The number of rotatable bonds is 8. The molecule has 2 atom stereocenters. The predicted molar refractivity (Wildman–Crippen MR) is 217 cm³/mol. The van der Waals surface area contributed by atoms with E-state index >= 15 is 0 Å². The van der Waals surface area contributed by atoms with Gasteiger partial charge in [0.2, 0.25) is 5.75 Å². The highest BCUT2D eigenvalue weighted by molar-refractivity contribution is 7.80. The number of hydrogen-bond donors (Lipinski definition) is 2. The van der Waals surface area contributed by atoms with Crippen LogP contribution in [0.5, 0.6) is 46.0 Å². The molecule has 4 aliphatic rings. The number of nitrogens with zero attached hydrogens (tertiary/aromatic N) is 2. The summed E-state index contributed by atoms with van der Waals surface area (Å²) in [7, 11) is 11.1. The molecule has 0 saturated heterocycles. The standard InChI is InChI=1S/C43H52N4O6S/c1-8-9-16-44-43(54)45-32-25-36(49-5)37-23-29(32)20-34-40-28(15-18-47(34)3)22-39(50-6)41(51-7)42(40)53-38-24-31-27(21-35(38)48-4)14-17-46(2)33(31)19-26-10-12-30(52-37)13-11-26/h10-13,21-25,33-34H,8-9,14-20H2,1-7H3,(H2,44,45,54)/t33-,34-/m0/s1. The van der Waals surface area contributed by atoms with E-state index < -0.39 is 0 Å². The SMILES string of the molecule is CCCCNC(=S)Nc1cc(OC)c2cc1C[C@H]1c3c(cc(OC)c(OC)c3Oc3cc4c(cc3OC)CCN(C)[C@H]4Cc3ccc(cc3)O2)CCN1C. The average molecular weight is 753 g/mol. The topological polar surface area (TPSA) is 85.9 Å². The van der Waals surface area contributed by atoms with Gasteiger partial charge in [-0.3, -0.25) is 9.80 Å². The summed E-state index contributed by atoms with van der Waals surface area (Å²) in [5.41, 5.74) is 7.73. The molecule has 54 heavy (non-hydrogen) atoms. The molecule has 10 nitrogen and oxygen atoms in total. The summed E-state index contributed by atoms with van der Waals surface area (Å²) in [6, 6.07) is 18.9. The maximum Gasteiger partial charge on any atom is 0.204 e. The van der Waals surface area contributed by atoms with Gasteiger partial charge >= 0.3 is 0 Å². The van der Waals surface area contributed by atoms with Gasteiger partial charge in [-0.15, -0.1) is 0 Å². The highest BCUT2D eigenvalue weighted by Crippen LogP contribution is 2.52. The molecule has 286 valence electrons. The molecule has 6 bridgehead atoms. The second kappa shape index (κ2) is 16.3. The van der Waals surface area contributed by atoms with E-state index in [1.807, 2.05) is 18.2 Å². The van der Waals surface area contributed by atoms with Crippen LogP contribution >= 0.6 is 12.2 Å². The molecule has 0 amide bonds. The van der Waals surface area contributed by atoms with Crippen molar-refractivity contribution in [3.8, 4) is 46.0 Å². The Morgan fingerprint density at radius 2 is 1.43 bits per heavy atom. The Balaban J connectivity index is 1.45. The number of nitrogens with one attached hydrogen (secondary N) is 2. The van der Waals surface area contributed by atoms with E-state index in [4.69, 9.17) is 40.6 Å². The molecule has 4 aliphatic heterocycles. The van der Waals surface area contributed by atoms with E-state index in [1.165, 1.54) is 16.7 Å². The molecule has 0 unspecified atom stereocenters. The Hall–Kier alpha value is -4.71. The van der Waals surface area contributed by atoms with E-state index in [9.17, 15) is 0 Å². The Morgan fingerprint density at radius 1 is 0.759 bits per heavy atom. The number of unbranched alkanes of at least 4 members (excludes halogenated alkanes) is 1. The summed E-state index contributed by atoms with van der Waals surface area (Å²) in [6.07, 6.45) is 5.25. The predicted octanol–water partition coefficient (Wildman–Crippen LogP) is 8.25. The Bertz CT molecular complexity index is 2000. The van der Waals surface area contributed by atoms with Crippen molar-refractivity contribution >= 4 is 23.0 Å². The van der Waals surface area contributed by atoms with Crippen molar-refractivity contribution in [3.05, 3.63) is 88.0 Å². The van der Waals surface area contributed by atoms with Crippen LogP contribution in [0.2, 0.25) is 0 Å². The van der Waals surface area contributed by atoms with E-state index in [0.29, 0.717) is 51.8 Å².